The molecule has 33 heavy (non-hydrogen) atoms. The van der Waals surface area contributed by atoms with Crippen LogP contribution >= 0.6 is 0 Å². The van der Waals surface area contributed by atoms with Crippen molar-refractivity contribution in [3.8, 4) is 0 Å². The van der Waals surface area contributed by atoms with E-state index >= 15 is 0 Å². The maximum atomic E-state index is 2.55. The van der Waals surface area contributed by atoms with Crippen LogP contribution in [-0.4, -0.2) is 0 Å². The molecule has 0 N–H and O–H groups in total. The molecule has 168 valence electrons. The van der Waals surface area contributed by atoms with Gasteiger partial charge in [0.2, 0.25) is 0 Å². The van der Waals surface area contributed by atoms with E-state index in [4.69, 9.17) is 0 Å². The normalized spacial score (nSPS) is 23.7. The molecule has 5 aliphatic carbocycles. The van der Waals surface area contributed by atoms with Crippen molar-refractivity contribution in [2.24, 2.45) is 11.8 Å². The molecule has 0 saturated heterocycles. The molecule has 7 rings (SSSR count). The van der Waals surface area contributed by atoms with Crippen LogP contribution in [0.15, 0.2) is 71.8 Å². The Hall–Kier alpha value is -2.60. The Kier molecular flexibility index (Phi) is 5.09. The summed E-state index contributed by atoms with van der Waals surface area (Å²) in [5.41, 5.74) is 15.4. The lowest BCUT2D eigenvalue weighted by molar-refractivity contribution is 0.476. The number of hydrogen-bond acceptors (Lipinski definition) is 0. The molecule has 0 nitrogen and oxygen atoms in total. The van der Waals surface area contributed by atoms with E-state index in [0.717, 1.165) is 19.3 Å². The van der Waals surface area contributed by atoms with Crippen LogP contribution in [0, 0.1) is 11.8 Å². The first-order chi connectivity index (χ1) is 16.0. The quantitative estimate of drug-likeness (QED) is 0.442. The third kappa shape index (κ3) is 3.41. The van der Waals surface area contributed by atoms with Crippen molar-refractivity contribution in [2.45, 2.75) is 71.6 Å². The summed E-state index contributed by atoms with van der Waals surface area (Å²) in [6, 6.07) is 14.8. The first-order valence-corrected chi connectivity index (χ1v) is 13.1. The monoisotopic (exact) mass is 432 g/mol. The number of rotatable bonds is 5. The molecule has 0 saturated carbocycles. The summed E-state index contributed by atoms with van der Waals surface area (Å²) in [4.78, 5) is 0. The van der Waals surface area contributed by atoms with E-state index < -0.39 is 0 Å². The van der Waals surface area contributed by atoms with Gasteiger partial charge in [-0.1, -0.05) is 99.5 Å². The predicted molar refractivity (Wildman–Crippen MR) is 141 cm³/mol. The van der Waals surface area contributed by atoms with Crippen LogP contribution in [0.3, 0.4) is 0 Å². The van der Waals surface area contributed by atoms with Crippen molar-refractivity contribution < 1.29 is 0 Å². The maximum Gasteiger partial charge on any atom is 0.00960 e. The Morgan fingerprint density at radius 1 is 0.697 bits per heavy atom. The molecule has 2 aromatic carbocycles. The van der Waals surface area contributed by atoms with Gasteiger partial charge in [-0.25, -0.2) is 0 Å². The fourth-order valence-electron chi connectivity index (χ4n) is 6.58. The molecule has 0 aromatic heterocycles. The van der Waals surface area contributed by atoms with Gasteiger partial charge >= 0.3 is 0 Å². The van der Waals surface area contributed by atoms with Crippen LogP contribution < -0.4 is 0 Å². The van der Waals surface area contributed by atoms with Gasteiger partial charge in [0.15, 0.2) is 0 Å². The highest BCUT2D eigenvalue weighted by Crippen LogP contribution is 2.54. The average molecular weight is 433 g/mol. The topological polar surface area (TPSA) is 0 Å². The lowest BCUT2D eigenvalue weighted by atomic mass is 9.63. The van der Waals surface area contributed by atoms with E-state index in [0.29, 0.717) is 23.7 Å². The van der Waals surface area contributed by atoms with Gasteiger partial charge in [-0.15, -0.1) is 0 Å². The molecule has 3 atom stereocenters. The lowest BCUT2D eigenvalue weighted by Gasteiger charge is -2.41. The third-order valence-electron chi connectivity index (χ3n) is 9.03. The van der Waals surface area contributed by atoms with E-state index in [9.17, 15) is 0 Å². The van der Waals surface area contributed by atoms with Gasteiger partial charge < -0.3 is 0 Å². The zero-order valence-corrected chi connectivity index (χ0v) is 20.6. The first-order valence-electron chi connectivity index (χ1n) is 13.1. The largest absolute Gasteiger partial charge is 0.0661 e. The summed E-state index contributed by atoms with van der Waals surface area (Å²) in [6.45, 7) is 9.33. The second kappa shape index (κ2) is 8.01. The smallest absolute Gasteiger partial charge is 0.00960 e. The Morgan fingerprint density at radius 2 is 1.27 bits per heavy atom. The van der Waals surface area contributed by atoms with E-state index in [2.05, 4.69) is 88.4 Å². The molecule has 0 fully saturated rings. The summed E-state index contributed by atoms with van der Waals surface area (Å²) in [6.07, 6.45) is 15.5. The van der Waals surface area contributed by atoms with Gasteiger partial charge in [0.1, 0.15) is 0 Å². The average Bonchev–Trinajstić information content (AvgIpc) is 3.53. The van der Waals surface area contributed by atoms with E-state index in [1.807, 2.05) is 0 Å². The summed E-state index contributed by atoms with van der Waals surface area (Å²) < 4.78 is 0. The summed E-state index contributed by atoms with van der Waals surface area (Å²) in [5, 5.41) is 0. The molecule has 0 amide bonds. The van der Waals surface area contributed by atoms with Crippen molar-refractivity contribution in [3.05, 3.63) is 105 Å². The summed E-state index contributed by atoms with van der Waals surface area (Å²) >= 11 is 0. The number of benzene rings is 2. The van der Waals surface area contributed by atoms with Gasteiger partial charge in [-0.3, -0.25) is 0 Å². The van der Waals surface area contributed by atoms with Crippen molar-refractivity contribution in [3.63, 3.8) is 0 Å². The molecular weight excluding hydrogens is 396 g/mol. The fourth-order valence-corrected chi connectivity index (χ4v) is 6.58. The Bertz CT molecular complexity index is 1240. The number of allylic oxidation sites excluding steroid dienone is 8. The van der Waals surface area contributed by atoms with Gasteiger partial charge in [0.05, 0.1) is 0 Å². The molecule has 0 heterocycles. The SMILES string of the molecule is CCC1=CC=C(c2ccc3c(c2)C2CCC3c3ccc(C4=CC=C(C(C)C(C)C)C4)cc32)C1. The summed E-state index contributed by atoms with van der Waals surface area (Å²) in [7, 11) is 0. The number of fused-ring (bicyclic) bond motifs is 1. The Labute approximate surface area is 199 Å². The third-order valence-corrected chi connectivity index (χ3v) is 9.03. The predicted octanol–water partition coefficient (Wildman–Crippen LogP) is 9.19. The van der Waals surface area contributed by atoms with Crippen LogP contribution in [-0.2, 0) is 0 Å². The van der Waals surface area contributed by atoms with Crippen molar-refractivity contribution in [2.75, 3.05) is 0 Å². The van der Waals surface area contributed by atoms with Crippen LogP contribution in [0.1, 0.15) is 105 Å². The highest BCUT2D eigenvalue weighted by molar-refractivity contribution is 5.76. The van der Waals surface area contributed by atoms with Crippen LogP contribution in [0.4, 0.5) is 0 Å². The van der Waals surface area contributed by atoms with E-state index in [1.54, 1.807) is 33.4 Å². The standard InChI is InChI=1S/C33H36/c1-5-22-6-7-24(16-22)26-10-12-29-28-14-15-31(32(29)18-26)33-19-27(11-13-30(28)33)25-9-8-23(17-25)21(4)20(2)3/h6-13,18-21,28,31H,5,14-17H2,1-4H3. The molecule has 3 unspecified atom stereocenters. The second-order valence-electron chi connectivity index (χ2n) is 11.1. The van der Waals surface area contributed by atoms with Gasteiger partial charge in [0.25, 0.3) is 0 Å². The van der Waals surface area contributed by atoms with Gasteiger partial charge in [-0.2, -0.15) is 0 Å². The van der Waals surface area contributed by atoms with Crippen molar-refractivity contribution >= 4 is 11.1 Å². The zero-order chi connectivity index (χ0) is 22.7. The molecular formula is C33H36. The van der Waals surface area contributed by atoms with E-state index in [-0.39, 0.29) is 0 Å². The highest BCUT2D eigenvalue weighted by Gasteiger charge is 2.37. The highest BCUT2D eigenvalue weighted by atomic mass is 14.4. The van der Waals surface area contributed by atoms with Crippen LogP contribution in [0.2, 0.25) is 0 Å². The van der Waals surface area contributed by atoms with Crippen molar-refractivity contribution in [1.82, 2.24) is 0 Å². The van der Waals surface area contributed by atoms with Gasteiger partial charge in [0, 0.05) is 11.8 Å². The molecule has 0 radical (unpaired) electrons. The lowest BCUT2D eigenvalue weighted by Crippen LogP contribution is -2.25. The summed E-state index contributed by atoms with van der Waals surface area (Å²) in [5.74, 6) is 2.50. The molecule has 0 heteroatoms. The minimum Gasteiger partial charge on any atom is -0.0661 e. The fraction of sp³-hybridized carbons (Fsp3) is 0.394. The molecule has 5 aliphatic rings. The molecule has 0 aliphatic heterocycles. The van der Waals surface area contributed by atoms with Crippen LogP contribution in [0.25, 0.3) is 11.1 Å². The number of hydrogen-bond donors (Lipinski definition) is 0. The zero-order valence-electron chi connectivity index (χ0n) is 20.6. The van der Waals surface area contributed by atoms with Crippen LogP contribution in [0.5, 0.6) is 0 Å². The van der Waals surface area contributed by atoms with E-state index in [1.165, 1.54) is 35.1 Å². The molecule has 2 aromatic rings. The van der Waals surface area contributed by atoms with Crippen molar-refractivity contribution in [1.29, 1.82) is 0 Å². The molecule has 0 spiro atoms. The maximum absolute atomic E-state index is 2.55. The minimum atomic E-state index is 0.560. The Morgan fingerprint density at radius 3 is 1.85 bits per heavy atom. The first kappa shape index (κ1) is 21.0. The molecule has 2 bridgehead atoms. The minimum absolute atomic E-state index is 0.560. The van der Waals surface area contributed by atoms with Gasteiger partial charge in [-0.05, 0) is 88.5 Å². The Balaban J connectivity index is 1.30. The second-order valence-corrected chi connectivity index (χ2v) is 11.1.